The molecule has 0 bridgehead atoms. The Morgan fingerprint density at radius 3 is 2.47 bits per heavy atom. The minimum absolute atomic E-state index is 0.0310. The van der Waals surface area contributed by atoms with Crippen LogP contribution in [0.25, 0.3) is 0 Å². The number of aromatic nitrogens is 2. The van der Waals surface area contributed by atoms with Crippen LogP contribution in [0.1, 0.15) is 44.7 Å². The van der Waals surface area contributed by atoms with E-state index in [1.807, 2.05) is 18.9 Å². The summed E-state index contributed by atoms with van der Waals surface area (Å²) in [7, 11) is 1.74. The van der Waals surface area contributed by atoms with Crippen LogP contribution in [-0.2, 0) is 7.05 Å². The van der Waals surface area contributed by atoms with Crippen molar-refractivity contribution in [3.63, 3.8) is 0 Å². The first kappa shape index (κ1) is 13.8. The van der Waals surface area contributed by atoms with Crippen molar-refractivity contribution in [3.05, 3.63) is 15.8 Å². The zero-order valence-electron chi connectivity index (χ0n) is 11.7. The summed E-state index contributed by atoms with van der Waals surface area (Å²) < 4.78 is 1.57. The second kappa shape index (κ2) is 5.56. The zero-order chi connectivity index (χ0) is 14.0. The third-order valence-corrected chi connectivity index (χ3v) is 3.40. The maximum atomic E-state index is 11.3. The predicted molar refractivity (Wildman–Crippen MR) is 73.0 cm³/mol. The summed E-state index contributed by atoms with van der Waals surface area (Å²) in [5, 5.41) is 17.6. The van der Waals surface area contributed by atoms with Gasteiger partial charge in [-0.25, -0.2) is 9.69 Å². The van der Waals surface area contributed by atoms with E-state index < -0.39 is 0 Å². The van der Waals surface area contributed by atoms with Crippen LogP contribution in [0, 0.1) is 10.1 Å². The van der Waals surface area contributed by atoms with Crippen molar-refractivity contribution in [2.45, 2.75) is 39.0 Å². The van der Waals surface area contributed by atoms with Gasteiger partial charge in [-0.15, -0.1) is 0 Å². The lowest BCUT2D eigenvalue weighted by atomic mass is 10.1. The largest absolute Gasteiger partial charge is 0.335 e. The van der Waals surface area contributed by atoms with Crippen molar-refractivity contribution in [3.8, 4) is 0 Å². The molecule has 106 valence electrons. The Morgan fingerprint density at radius 2 is 1.95 bits per heavy atom. The van der Waals surface area contributed by atoms with Crippen LogP contribution in [0.2, 0.25) is 0 Å². The molecular weight excluding hydrogens is 246 g/mol. The number of aryl methyl sites for hydroxylation is 1. The van der Waals surface area contributed by atoms with Gasteiger partial charge >= 0.3 is 5.69 Å². The lowest BCUT2D eigenvalue weighted by Gasteiger charge is -2.27. The molecule has 0 unspecified atom stereocenters. The third kappa shape index (κ3) is 2.86. The Kier molecular flexibility index (Phi) is 4.04. The van der Waals surface area contributed by atoms with Gasteiger partial charge in [0.15, 0.2) is 0 Å². The number of anilines is 1. The van der Waals surface area contributed by atoms with E-state index in [9.17, 15) is 10.1 Å². The molecule has 1 fully saturated rings. The van der Waals surface area contributed by atoms with Crippen molar-refractivity contribution in [1.82, 2.24) is 14.8 Å². The number of nitrogens with zero attached hydrogens (tertiary/aromatic N) is 4. The first-order chi connectivity index (χ1) is 9.00. The smallest absolute Gasteiger partial charge is 0.298 e. The van der Waals surface area contributed by atoms with Gasteiger partial charge in [-0.05, 0) is 12.8 Å². The Balaban J connectivity index is 2.30. The molecule has 0 spiro atoms. The van der Waals surface area contributed by atoms with Crippen molar-refractivity contribution < 1.29 is 4.92 Å². The van der Waals surface area contributed by atoms with Gasteiger partial charge in [-0.3, -0.25) is 15.5 Å². The lowest BCUT2D eigenvalue weighted by Crippen LogP contribution is -2.35. The average molecular weight is 267 g/mol. The molecule has 1 aliphatic heterocycles. The zero-order valence-corrected chi connectivity index (χ0v) is 11.7. The summed E-state index contributed by atoms with van der Waals surface area (Å²) in [5.74, 6) is 0.513. The molecule has 0 atom stereocenters. The average Bonchev–Trinajstić information content (AvgIpc) is 2.68. The molecule has 1 N–H and O–H groups in total. The highest BCUT2D eigenvalue weighted by Crippen LogP contribution is 2.33. The van der Waals surface area contributed by atoms with Crippen LogP contribution in [-0.4, -0.2) is 32.8 Å². The molecule has 1 saturated heterocycles. The van der Waals surface area contributed by atoms with Crippen LogP contribution in [0.5, 0.6) is 0 Å². The van der Waals surface area contributed by atoms with E-state index in [4.69, 9.17) is 0 Å². The second-order valence-corrected chi connectivity index (χ2v) is 5.28. The third-order valence-electron chi connectivity index (χ3n) is 3.40. The summed E-state index contributed by atoms with van der Waals surface area (Å²) in [5.41, 5.74) is 3.80. The minimum Gasteiger partial charge on any atom is -0.298 e. The molecule has 19 heavy (non-hydrogen) atoms. The first-order valence-corrected chi connectivity index (χ1v) is 6.73. The molecule has 0 aromatic carbocycles. The molecule has 7 heteroatoms. The summed E-state index contributed by atoms with van der Waals surface area (Å²) in [6, 6.07) is 0. The number of hydrogen-bond donors (Lipinski definition) is 1. The van der Waals surface area contributed by atoms with E-state index in [0.29, 0.717) is 11.5 Å². The highest BCUT2D eigenvalue weighted by Gasteiger charge is 2.29. The Morgan fingerprint density at radius 1 is 1.32 bits per heavy atom. The van der Waals surface area contributed by atoms with Crippen LogP contribution in [0.15, 0.2) is 0 Å². The number of rotatable bonds is 4. The predicted octanol–water partition coefficient (Wildman–Crippen LogP) is 2.26. The van der Waals surface area contributed by atoms with E-state index in [1.165, 1.54) is 6.42 Å². The Labute approximate surface area is 112 Å². The number of hydrazine groups is 1. The van der Waals surface area contributed by atoms with E-state index in [0.717, 1.165) is 25.9 Å². The van der Waals surface area contributed by atoms with Gasteiger partial charge in [0, 0.05) is 26.1 Å². The Bertz CT molecular complexity index is 463. The monoisotopic (exact) mass is 267 g/mol. The second-order valence-electron chi connectivity index (χ2n) is 5.28. The van der Waals surface area contributed by atoms with Gasteiger partial charge in [-0.1, -0.05) is 20.3 Å². The fourth-order valence-corrected chi connectivity index (χ4v) is 2.38. The quantitative estimate of drug-likeness (QED) is 0.669. The molecule has 1 aromatic rings. The van der Waals surface area contributed by atoms with Crippen molar-refractivity contribution in [2.24, 2.45) is 7.05 Å². The SMILES string of the molecule is CC(C)c1nn(C)c(NN2CCCCC2)c1[N+](=O)[O-]. The molecule has 2 rings (SSSR count). The topological polar surface area (TPSA) is 76.2 Å². The minimum atomic E-state index is -0.339. The molecule has 1 aromatic heterocycles. The number of nitro groups is 1. The summed E-state index contributed by atoms with van der Waals surface area (Å²) in [6.45, 7) is 5.67. The van der Waals surface area contributed by atoms with Gasteiger partial charge in [0.2, 0.25) is 5.82 Å². The van der Waals surface area contributed by atoms with Crippen molar-refractivity contribution in [1.29, 1.82) is 0 Å². The lowest BCUT2D eigenvalue weighted by molar-refractivity contribution is -0.384. The molecule has 7 nitrogen and oxygen atoms in total. The van der Waals surface area contributed by atoms with Crippen LogP contribution >= 0.6 is 0 Å². The number of nitrogens with one attached hydrogen (secondary N) is 1. The van der Waals surface area contributed by atoms with Crippen LogP contribution in [0.4, 0.5) is 11.5 Å². The normalized spacial score (nSPS) is 16.8. The van der Waals surface area contributed by atoms with Crippen LogP contribution < -0.4 is 5.43 Å². The maximum absolute atomic E-state index is 11.3. The van der Waals surface area contributed by atoms with Gasteiger partial charge < -0.3 is 0 Å². The first-order valence-electron chi connectivity index (χ1n) is 6.73. The molecular formula is C12H21N5O2. The van der Waals surface area contributed by atoms with Gasteiger partial charge in [-0.2, -0.15) is 5.10 Å². The van der Waals surface area contributed by atoms with E-state index in [1.54, 1.807) is 11.7 Å². The Hall–Kier alpha value is -1.63. The van der Waals surface area contributed by atoms with Crippen LogP contribution in [0.3, 0.4) is 0 Å². The number of hydrogen-bond acceptors (Lipinski definition) is 5. The number of piperidine rings is 1. The van der Waals surface area contributed by atoms with Gasteiger partial charge in [0.25, 0.3) is 0 Å². The standard InChI is InChI=1S/C12H21N5O2/c1-9(2)10-11(17(18)19)12(15(3)13-10)14-16-7-5-4-6-8-16/h9,14H,4-8H2,1-3H3. The molecule has 0 saturated carbocycles. The fourth-order valence-electron chi connectivity index (χ4n) is 2.38. The molecule has 0 amide bonds. The van der Waals surface area contributed by atoms with Crippen molar-refractivity contribution >= 4 is 11.5 Å². The summed E-state index contributed by atoms with van der Waals surface area (Å²) >= 11 is 0. The summed E-state index contributed by atoms with van der Waals surface area (Å²) in [4.78, 5) is 11.0. The molecule has 0 aliphatic carbocycles. The molecule has 2 heterocycles. The van der Waals surface area contributed by atoms with E-state index in [2.05, 4.69) is 10.5 Å². The fraction of sp³-hybridized carbons (Fsp3) is 0.750. The summed E-state index contributed by atoms with van der Waals surface area (Å²) in [6.07, 6.45) is 3.47. The highest BCUT2D eigenvalue weighted by atomic mass is 16.6. The molecule has 0 radical (unpaired) electrons. The van der Waals surface area contributed by atoms with E-state index in [-0.39, 0.29) is 16.5 Å². The highest BCUT2D eigenvalue weighted by molar-refractivity contribution is 5.60. The maximum Gasteiger partial charge on any atom is 0.335 e. The van der Waals surface area contributed by atoms with E-state index >= 15 is 0 Å². The van der Waals surface area contributed by atoms with Gasteiger partial charge in [0.1, 0.15) is 5.69 Å². The van der Waals surface area contributed by atoms with Gasteiger partial charge in [0.05, 0.1) is 4.92 Å². The molecule has 1 aliphatic rings. The van der Waals surface area contributed by atoms with Crippen molar-refractivity contribution in [2.75, 3.05) is 18.5 Å².